The van der Waals surface area contributed by atoms with E-state index in [4.69, 9.17) is 14.2 Å². The van der Waals surface area contributed by atoms with Crippen molar-refractivity contribution < 1.29 is 18.6 Å². The normalized spacial score (nSPS) is 22.0. The lowest BCUT2D eigenvalue weighted by molar-refractivity contribution is 0.120. The van der Waals surface area contributed by atoms with Crippen molar-refractivity contribution in [3.05, 3.63) is 77.4 Å². The van der Waals surface area contributed by atoms with Crippen LogP contribution in [0.2, 0.25) is 0 Å². The number of aromatic nitrogens is 2. The molecular formula is C25H26FN3O3. The van der Waals surface area contributed by atoms with Crippen molar-refractivity contribution in [1.29, 1.82) is 0 Å². The predicted octanol–water partition coefficient (Wildman–Crippen LogP) is 4.19. The molecule has 0 unspecified atom stereocenters. The molecule has 166 valence electrons. The van der Waals surface area contributed by atoms with E-state index in [0.717, 1.165) is 29.2 Å². The van der Waals surface area contributed by atoms with Crippen LogP contribution in [0.1, 0.15) is 23.0 Å². The Morgan fingerprint density at radius 1 is 1.09 bits per heavy atom. The molecule has 3 aromatic rings. The van der Waals surface area contributed by atoms with Gasteiger partial charge in [0.15, 0.2) is 0 Å². The second-order valence-corrected chi connectivity index (χ2v) is 8.39. The average molecular weight is 435 g/mol. The predicted molar refractivity (Wildman–Crippen MR) is 117 cm³/mol. The highest BCUT2D eigenvalue weighted by atomic mass is 19.1. The summed E-state index contributed by atoms with van der Waals surface area (Å²) >= 11 is 0. The van der Waals surface area contributed by atoms with Gasteiger partial charge in [-0.2, -0.15) is 0 Å². The summed E-state index contributed by atoms with van der Waals surface area (Å²) < 4.78 is 31.6. The molecule has 1 fully saturated rings. The molecule has 4 heterocycles. The van der Waals surface area contributed by atoms with Crippen LogP contribution >= 0.6 is 0 Å². The van der Waals surface area contributed by atoms with Gasteiger partial charge >= 0.3 is 0 Å². The number of halogens is 1. The van der Waals surface area contributed by atoms with Crippen LogP contribution < -0.4 is 14.2 Å². The minimum absolute atomic E-state index is 0.0292. The lowest BCUT2D eigenvalue weighted by atomic mass is 9.85. The van der Waals surface area contributed by atoms with Crippen molar-refractivity contribution in [2.24, 2.45) is 11.8 Å². The second-order valence-electron chi connectivity index (χ2n) is 8.39. The molecule has 0 N–H and O–H groups in total. The van der Waals surface area contributed by atoms with Crippen molar-refractivity contribution in [3.8, 4) is 17.5 Å². The van der Waals surface area contributed by atoms with E-state index in [1.54, 1.807) is 19.2 Å². The standard InChI is InChI=1S/C25H26FN3O3/c1-16-5-3-8-24(27-16)32-14-17-12-29(13-19-6-4-7-23(28-19)30-2)25-20-11-18(26)9-10-22(20)31-15-21(17)25/h3-11,17,21,25H,12-15H2,1-2H3/t17-,21-,25-/m0/s1. The maximum absolute atomic E-state index is 14.2. The second kappa shape index (κ2) is 8.74. The molecule has 0 aliphatic carbocycles. The molecule has 1 saturated heterocycles. The number of aryl methyl sites for hydroxylation is 1. The number of hydrogen-bond donors (Lipinski definition) is 0. The Labute approximate surface area is 187 Å². The summed E-state index contributed by atoms with van der Waals surface area (Å²) in [6.07, 6.45) is 0. The molecule has 2 aliphatic rings. The molecule has 32 heavy (non-hydrogen) atoms. The van der Waals surface area contributed by atoms with E-state index in [9.17, 15) is 4.39 Å². The van der Waals surface area contributed by atoms with Crippen LogP contribution in [0.3, 0.4) is 0 Å². The summed E-state index contributed by atoms with van der Waals surface area (Å²) in [6, 6.07) is 16.3. The molecule has 0 bridgehead atoms. The Morgan fingerprint density at radius 2 is 1.94 bits per heavy atom. The third-order valence-corrected chi connectivity index (χ3v) is 6.26. The lowest BCUT2D eigenvalue weighted by Crippen LogP contribution is -2.32. The highest BCUT2D eigenvalue weighted by Gasteiger charge is 2.46. The summed E-state index contributed by atoms with van der Waals surface area (Å²) in [5.41, 5.74) is 2.72. The Kier molecular flexibility index (Phi) is 5.66. The number of nitrogens with zero attached hydrogens (tertiary/aromatic N) is 3. The lowest BCUT2D eigenvalue weighted by Gasteiger charge is -2.34. The molecule has 1 aromatic carbocycles. The van der Waals surface area contributed by atoms with Crippen molar-refractivity contribution in [2.75, 3.05) is 26.9 Å². The van der Waals surface area contributed by atoms with Crippen LogP contribution in [0.25, 0.3) is 0 Å². The number of fused-ring (bicyclic) bond motifs is 3. The maximum atomic E-state index is 14.2. The number of methoxy groups -OCH3 is 1. The fourth-order valence-corrected chi connectivity index (χ4v) is 4.80. The monoisotopic (exact) mass is 435 g/mol. The van der Waals surface area contributed by atoms with Gasteiger partial charge in [-0.15, -0.1) is 0 Å². The highest BCUT2D eigenvalue weighted by molar-refractivity contribution is 5.40. The summed E-state index contributed by atoms with van der Waals surface area (Å²) in [6.45, 7) is 4.46. The zero-order valence-corrected chi connectivity index (χ0v) is 18.2. The number of benzene rings is 1. The van der Waals surface area contributed by atoms with Gasteiger partial charge < -0.3 is 14.2 Å². The smallest absolute Gasteiger partial charge is 0.213 e. The molecule has 0 saturated carbocycles. The first kappa shape index (κ1) is 20.7. The molecule has 6 nitrogen and oxygen atoms in total. The van der Waals surface area contributed by atoms with Crippen LogP contribution in [-0.4, -0.2) is 41.7 Å². The average Bonchev–Trinajstić information content (AvgIpc) is 3.15. The van der Waals surface area contributed by atoms with Crippen molar-refractivity contribution in [3.63, 3.8) is 0 Å². The van der Waals surface area contributed by atoms with E-state index >= 15 is 0 Å². The summed E-state index contributed by atoms with van der Waals surface area (Å²) in [4.78, 5) is 11.4. The van der Waals surface area contributed by atoms with Gasteiger partial charge in [0.25, 0.3) is 0 Å². The third kappa shape index (κ3) is 4.12. The molecule has 5 rings (SSSR count). The van der Waals surface area contributed by atoms with Gasteiger partial charge in [-0.05, 0) is 37.3 Å². The molecule has 0 amide bonds. The van der Waals surface area contributed by atoms with Crippen LogP contribution in [-0.2, 0) is 6.54 Å². The maximum Gasteiger partial charge on any atom is 0.213 e. The van der Waals surface area contributed by atoms with E-state index in [1.807, 2.05) is 43.3 Å². The zero-order chi connectivity index (χ0) is 22.1. The van der Waals surface area contributed by atoms with Crippen molar-refractivity contribution in [1.82, 2.24) is 14.9 Å². The number of likely N-dealkylation sites (tertiary alicyclic amines) is 1. The molecular weight excluding hydrogens is 409 g/mol. The molecule has 2 aromatic heterocycles. The first-order valence-corrected chi connectivity index (χ1v) is 10.8. The minimum Gasteiger partial charge on any atom is -0.493 e. The fraction of sp³-hybridized carbons (Fsp3) is 0.360. The van der Waals surface area contributed by atoms with E-state index in [2.05, 4.69) is 14.9 Å². The summed E-state index contributed by atoms with van der Waals surface area (Å²) in [5.74, 6) is 2.10. The Balaban J connectivity index is 1.42. The van der Waals surface area contributed by atoms with E-state index in [-0.39, 0.29) is 23.7 Å². The third-order valence-electron chi connectivity index (χ3n) is 6.26. The number of pyridine rings is 2. The van der Waals surface area contributed by atoms with Gasteiger partial charge in [-0.1, -0.05) is 12.1 Å². The topological polar surface area (TPSA) is 56.7 Å². The van der Waals surface area contributed by atoms with Crippen LogP contribution in [0.5, 0.6) is 17.5 Å². The fourth-order valence-electron chi connectivity index (χ4n) is 4.80. The van der Waals surface area contributed by atoms with Gasteiger partial charge in [0.2, 0.25) is 11.8 Å². The van der Waals surface area contributed by atoms with E-state index < -0.39 is 0 Å². The van der Waals surface area contributed by atoms with E-state index in [1.165, 1.54) is 6.07 Å². The van der Waals surface area contributed by atoms with Gasteiger partial charge in [-0.3, -0.25) is 4.90 Å². The van der Waals surface area contributed by atoms with Crippen molar-refractivity contribution in [2.45, 2.75) is 19.5 Å². The largest absolute Gasteiger partial charge is 0.493 e. The quantitative estimate of drug-likeness (QED) is 0.579. The first-order valence-electron chi connectivity index (χ1n) is 10.8. The Bertz CT molecular complexity index is 1110. The van der Waals surface area contributed by atoms with Crippen LogP contribution in [0.4, 0.5) is 4.39 Å². The number of rotatable bonds is 6. The zero-order valence-electron chi connectivity index (χ0n) is 18.2. The van der Waals surface area contributed by atoms with Gasteiger partial charge in [-0.25, -0.2) is 14.4 Å². The molecule has 0 spiro atoms. The molecule has 7 heteroatoms. The summed E-state index contributed by atoms with van der Waals surface area (Å²) in [7, 11) is 1.61. The molecule has 2 aliphatic heterocycles. The van der Waals surface area contributed by atoms with Gasteiger partial charge in [0.1, 0.15) is 11.6 Å². The molecule has 3 atom stereocenters. The highest BCUT2D eigenvalue weighted by Crippen LogP contribution is 2.48. The SMILES string of the molecule is COc1cccc(CN2C[C@@H](COc3cccc(C)n3)[C@@H]3COc4ccc(F)cc4[C@@H]32)n1. The summed E-state index contributed by atoms with van der Waals surface area (Å²) in [5, 5.41) is 0. The first-order chi connectivity index (χ1) is 15.6. The van der Waals surface area contributed by atoms with Crippen LogP contribution in [0.15, 0.2) is 54.6 Å². The van der Waals surface area contributed by atoms with Gasteiger partial charge in [0, 0.05) is 54.4 Å². The Morgan fingerprint density at radius 3 is 2.78 bits per heavy atom. The van der Waals surface area contributed by atoms with E-state index in [0.29, 0.717) is 31.5 Å². The Hall–Kier alpha value is -3.19. The minimum atomic E-state index is -0.254. The van der Waals surface area contributed by atoms with Gasteiger partial charge in [0.05, 0.1) is 26.0 Å². The number of ether oxygens (including phenoxy) is 3. The van der Waals surface area contributed by atoms with Crippen LogP contribution in [0, 0.1) is 24.6 Å². The van der Waals surface area contributed by atoms with Crippen molar-refractivity contribution >= 4 is 0 Å². The molecule has 0 radical (unpaired) electrons. The number of hydrogen-bond acceptors (Lipinski definition) is 6.